The number of nitrogens with one attached hydrogen (secondary N) is 2. The van der Waals surface area contributed by atoms with Crippen molar-refractivity contribution in [3.63, 3.8) is 0 Å². The fourth-order valence-electron chi connectivity index (χ4n) is 3.29. The summed E-state index contributed by atoms with van der Waals surface area (Å²) in [5.74, 6) is -0.0531. The second-order valence-corrected chi connectivity index (χ2v) is 7.27. The summed E-state index contributed by atoms with van der Waals surface area (Å²) in [6, 6.07) is 11.2. The van der Waals surface area contributed by atoms with Crippen LogP contribution in [0.2, 0.25) is 5.02 Å². The Kier molecular flexibility index (Phi) is 5.62. The highest BCUT2D eigenvalue weighted by molar-refractivity contribution is 6.31. The summed E-state index contributed by atoms with van der Waals surface area (Å²) < 4.78 is 1.85. The standard InChI is InChI=1S/C20H19ClN6O3/c21-14-6-2-1-5-13(14)12-27-19(29)15(23-20(27)30)11-18(28)22-9-8-17-25-24-16-7-3-4-10-26(16)17/h1-7,10,15H,8-9,11-12H2,(H,22,28)(H,23,30)/t15-/m1/s1. The second-order valence-electron chi connectivity index (χ2n) is 6.87. The molecule has 2 N–H and O–H groups in total. The number of aromatic nitrogens is 3. The molecule has 154 valence electrons. The number of nitrogens with zero attached hydrogens (tertiary/aromatic N) is 4. The maximum atomic E-state index is 12.6. The van der Waals surface area contributed by atoms with E-state index in [1.807, 2.05) is 28.8 Å². The Morgan fingerprint density at radius 1 is 1.13 bits per heavy atom. The van der Waals surface area contributed by atoms with E-state index in [-0.39, 0.29) is 18.9 Å². The molecule has 0 radical (unpaired) electrons. The number of hydrogen-bond donors (Lipinski definition) is 2. The van der Waals surface area contributed by atoms with Crippen LogP contribution in [0.25, 0.3) is 5.65 Å². The molecule has 9 nitrogen and oxygen atoms in total. The number of pyridine rings is 1. The molecule has 2 aromatic heterocycles. The molecule has 3 aromatic rings. The lowest BCUT2D eigenvalue weighted by Crippen LogP contribution is -2.37. The zero-order chi connectivity index (χ0) is 21.1. The molecule has 0 saturated carbocycles. The average Bonchev–Trinajstić information content (AvgIpc) is 3.26. The Balaban J connectivity index is 1.29. The van der Waals surface area contributed by atoms with Gasteiger partial charge in [0.05, 0.1) is 13.0 Å². The lowest BCUT2D eigenvalue weighted by molar-refractivity contribution is -0.131. The maximum Gasteiger partial charge on any atom is 0.325 e. The minimum Gasteiger partial charge on any atom is -0.356 e. The molecule has 0 aliphatic carbocycles. The number of hydrogen-bond acceptors (Lipinski definition) is 5. The fourth-order valence-corrected chi connectivity index (χ4v) is 3.49. The molecule has 0 unspecified atom stereocenters. The molecule has 4 rings (SSSR count). The number of carbonyl (C=O) groups is 3. The van der Waals surface area contributed by atoms with Crippen molar-refractivity contribution < 1.29 is 14.4 Å². The van der Waals surface area contributed by atoms with Gasteiger partial charge in [0.25, 0.3) is 5.91 Å². The summed E-state index contributed by atoms with van der Waals surface area (Å²) in [6.45, 7) is 0.398. The third-order valence-corrected chi connectivity index (χ3v) is 5.21. The largest absolute Gasteiger partial charge is 0.356 e. The number of amides is 4. The summed E-state index contributed by atoms with van der Waals surface area (Å²) in [6.07, 6.45) is 2.21. The van der Waals surface area contributed by atoms with E-state index in [2.05, 4.69) is 20.8 Å². The monoisotopic (exact) mass is 426 g/mol. The highest BCUT2D eigenvalue weighted by Gasteiger charge is 2.39. The summed E-state index contributed by atoms with van der Waals surface area (Å²) in [5, 5.41) is 14.0. The topological polar surface area (TPSA) is 109 Å². The van der Waals surface area contributed by atoms with Crippen LogP contribution in [-0.2, 0) is 22.6 Å². The number of benzene rings is 1. The van der Waals surface area contributed by atoms with E-state index in [4.69, 9.17) is 11.6 Å². The molecule has 3 heterocycles. The number of rotatable bonds is 7. The number of halogens is 1. The SMILES string of the molecule is O=C(C[C@H]1NC(=O)N(Cc2ccccc2Cl)C1=O)NCCc1nnc2ccccn12. The van der Waals surface area contributed by atoms with Gasteiger partial charge in [-0.2, -0.15) is 0 Å². The van der Waals surface area contributed by atoms with Gasteiger partial charge in [0.1, 0.15) is 11.9 Å². The van der Waals surface area contributed by atoms with Gasteiger partial charge in [0, 0.05) is 24.2 Å². The van der Waals surface area contributed by atoms with Gasteiger partial charge in [-0.25, -0.2) is 4.79 Å². The molecular weight excluding hydrogens is 408 g/mol. The van der Waals surface area contributed by atoms with Gasteiger partial charge in [0.2, 0.25) is 5.91 Å². The molecule has 10 heteroatoms. The first-order valence-electron chi connectivity index (χ1n) is 9.43. The van der Waals surface area contributed by atoms with Crippen LogP contribution < -0.4 is 10.6 Å². The van der Waals surface area contributed by atoms with E-state index in [1.165, 1.54) is 0 Å². The number of imide groups is 1. The molecule has 1 saturated heterocycles. The van der Waals surface area contributed by atoms with Crippen molar-refractivity contribution in [1.29, 1.82) is 0 Å². The lowest BCUT2D eigenvalue weighted by atomic mass is 10.1. The van der Waals surface area contributed by atoms with Crippen LogP contribution in [0.5, 0.6) is 0 Å². The van der Waals surface area contributed by atoms with Crippen molar-refractivity contribution in [3.05, 3.63) is 65.1 Å². The molecule has 1 aliphatic rings. The normalized spacial score (nSPS) is 16.2. The van der Waals surface area contributed by atoms with Crippen LogP contribution in [-0.4, -0.2) is 49.9 Å². The number of urea groups is 1. The van der Waals surface area contributed by atoms with Crippen LogP contribution in [0, 0.1) is 0 Å². The van der Waals surface area contributed by atoms with Crippen molar-refractivity contribution in [2.24, 2.45) is 0 Å². The van der Waals surface area contributed by atoms with Gasteiger partial charge in [-0.05, 0) is 23.8 Å². The van der Waals surface area contributed by atoms with Gasteiger partial charge in [-0.15, -0.1) is 10.2 Å². The van der Waals surface area contributed by atoms with Crippen molar-refractivity contribution in [2.75, 3.05) is 6.54 Å². The maximum absolute atomic E-state index is 12.6. The first-order chi connectivity index (χ1) is 14.5. The van der Waals surface area contributed by atoms with Crippen LogP contribution in [0.15, 0.2) is 48.7 Å². The molecule has 1 aliphatic heterocycles. The molecule has 1 aromatic carbocycles. The Hall–Kier alpha value is -3.46. The zero-order valence-electron chi connectivity index (χ0n) is 15.9. The quantitative estimate of drug-likeness (QED) is 0.557. The third-order valence-electron chi connectivity index (χ3n) is 4.84. The van der Waals surface area contributed by atoms with E-state index < -0.39 is 18.0 Å². The van der Waals surface area contributed by atoms with Gasteiger partial charge in [0.15, 0.2) is 5.65 Å². The molecule has 30 heavy (non-hydrogen) atoms. The van der Waals surface area contributed by atoms with Crippen LogP contribution in [0.1, 0.15) is 17.8 Å². The fraction of sp³-hybridized carbons (Fsp3) is 0.250. The molecule has 1 fully saturated rings. The van der Waals surface area contributed by atoms with E-state index in [0.717, 1.165) is 16.4 Å². The van der Waals surface area contributed by atoms with Gasteiger partial charge >= 0.3 is 6.03 Å². The molecule has 0 bridgehead atoms. The van der Waals surface area contributed by atoms with Crippen molar-refractivity contribution in [2.45, 2.75) is 25.4 Å². The summed E-state index contributed by atoms with van der Waals surface area (Å²) in [4.78, 5) is 38.1. The summed E-state index contributed by atoms with van der Waals surface area (Å²) in [7, 11) is 0. The first-order valence-corrected chi connectivity index (χ1v) is 9.81. The van der Waals surface area contributed by atoms with Crippen LogP contribution >= 0.6 is 11.6 Å². The van der Waals surface area contributed by atoms with Crippen molar-refractivity contribution in [3.8, 4) is 0 Å². The smallest absolute Gasteiger partial charge is 0.325 e. The Labute approximate surface area is 177 Å². The number of fused-ring (bicyclic) bond motifs is 1. The minimum absolute atomic E-state index is 0.0580. The van der Waals surface area contributed by atoms with Gasteiger partial charge < -0.3 is 10.6 Å². The predicted molar refractivity (Wildman–Crippen MR) is 109 cm³/mol. The van der Waals surface area contributed by atoms with E-state index in [9.17, 15) is 14.4 Å². The first kappa shape index (κ1) is 19.8. The highest BCUT2D eigenvalue weighted by Crippen LogP contribution is 2.20. The lowest BCUT2D eigenvalue weighted by Gasteiger charge is -2.14. The minimum atomic E-state index is -0.895. The third kappa shape index (κ3) is 4.11. The summed E-state index contributed by atoms with van der Waals surface area (Å²) in [5.41, 5.74) is 1.39. The van der Waals surface area contributed by atoms with E-state index in [0.29, 0.717) is 23.6 Å². The van der Waals surface area contributed by atoms with Crippen LogP contribution in [0.4, 0.5) is 4.79 Å². The average molecular weight is 427 g/mol. The Bertz CT molecular complexity index is 1110. The van der Waals surface area contributed by atoms with Crippen molar-refractivity contribution in [1.82, 2.24) is 30.1 Å². The van der Waals surface area contributed by atoms with Gasteiger partial charge in [-0.1, -0.05) is 35.9 Å². The Morgan fingerprint density at radius 3 is 2.77 bits per heavy atom. The summed E-state index contributed by atoms with van der Waals surface area (Å²) >= 11 is 6.11. The molecule has 4 amide bonds. The Morgan fingerprint density at radius 2 is 1.93 bits per heavy atom. The van der Waals surface area contributed by atoms with E-state index in [1.54, 1.807) is 24.3 Å². The molecule has 0 spiro atoms. The van der Waals surface area contributed by atoms with Crippen LogP contribution in [0.3, 0.4) is 0 Å². The molecule has 1 atom stereocenters. The number of carbonyl (C=O) groups excluding carboxylic acids is 3. The van der Waals surface area contributed by atoms with Crippen molar-refractivity contribution >= 4 is 35.1 Å². The second kappa shape index (κ2) is 8.50. The van der Waals surface area contributed by atoms with E-state index >= 15 is 0 Å². The zero-order valence-corrected chi connectivity index (χ0v) is 16.7. The molecular formula is C20H19ClN6O3. The predicted octanol–water partition coefficient (Wildman–Crippen LogP) is 1.55. The highest BCUT2D eigenvalue weighted by atomic mass is 35.5. The van der Waals surface area contributed by atoms with Gasteiger partial charge in [-0.3, -0.25) is 18.9 Å².